The normalized spacial score (nSPS) is 22.1. The summed E-state index contributed by atoms with van der Waals surface area (Å²) in [7, 11) is 0. The quantitative estimate of drug-likeness (QED) is 0.114. The first-order chi connectivity index (χ1) is 22.3. The Morgan fingerprint density at radius 2 is 1.02 bits per heavy atom. The molecule has 11 heteroatoms. The molecule has 46 heavy (non-hydrogen) atoms. The summed E-state index contributed by atoms with van der Waals surface area (Å²) in [4.78, 5) is 67.9. The molecule has 5 atom stereocenters. The summed E-state index contributed by atoms with van der Waals surface area (Å²) < 4.78 is 23.5. The Morgan fingerprint density at radius 1 is 0.609 bits per heavy atom. The highest BCUT2D eigenvalue weighted by Gasteiger charge is 2.56. The van der Waals surface area contributed by atoms with Gasteiger partial charge in [0.05, 0.1) is 27.8 Å². The highest BCUT2D eigenvalue weighted by molar-refractivity contribution is 6.24. The lowest BCUT2D eigenvalue weighted by atomic mass is 9.95. The third-order valence-corrected chi connectivity index (χ3v) is 7.98. The van der Waals surface area contributed by atoms with Crippen LogP contribution in [0.15, 0.2) is 115 Å². The molecule has 0 radical (unpaired) electrons. The summed E-state index contributed by atoms with van der Waals surface area (Å²) in [6.07, 6.45) is -4.31. The lowest BCUT2D eigenvalue weighted by Gasteiger charge is -2.45. The standard InChI is InChI=1S/C35H26ClNO9/c36-30-27(37-31(38)24-18-10-11-19-25(24)32(37)39)29(46-35(42)23-16-8-3-9-17-23)28(45-34(41)22-14-6-2-7-15-22)26(44-30)20-43-33(40)21-12-4-1-5-13-21/h1-19,26-30H,20H2/t26-,27+,28+,29+,30+/m0/s1. The van der Waals surface area contributed by atoms with Gasteiger partial charge in [-0.25, -0.2) is 14.4 Å². The molecule has 0 spiro atoms. The Kier molecular flexibility index (Phi) is 8.91. The van der Waals surface area contributed by atoms with E-state index in [4.69, 9.17) is 30.5 Å². The summed E-state index contributed by atoms with van der Waals surface area (Å²) in [6, 6.07) is 29.0. The second kappa shape index (κ2) is 13.4. The maximum Gasteiger partial charge on any atom is 0.338 e. The molecule has 232 valence electrons. The van der Waals surface area contributed by atoms with Crippen LogP contribution in [0.3, 0.4) is 0 Å². The van der Waals surface area contributed by atoms with Crippen LogP contribution in [-0.4, -0.2) is 71.1 Å². The number of ether oxygens (including phenoxy) is 4. The fraction of sp³-hybridized carbons (Fsp3) is 0.171. The van der Waals surface area contributed by atoms with Crippen LogP contribution in [-0.2, 0) is 18.9 Å². The second-order valence-corrected chi connectivity index (χ2v) is 10.9. The number of alkyl halides is 1. The fourth-order valence-corrected chi connectivity index (χ4v) is 5.77. The van der Waals surface area contributed by atoms with Crippen LogP contribution in [0.5, 0.6) is 0 Å². The van der Waals surface area contributed by atoms with Crippen LogP contribution >= 0.6 is 11.6 Å². The summed E-state index contributed by atoms with van der Waals surface area (Å²) in [5.74, 6) is -3.73. The summed E-state index contributed by atoms with van der Waals surface area (Å²) in [5.41, 5.74) is -0.637. The van der Waals surface area contributed by atoms with Crippen molar-refractivity contribution in [2.45, 2.75) is 29.9 Å². The molecule has 2 aliphatic heterocycles. The van der Waals surface area contributed by atoms with E-state index in [1.807, 2.05) is 0 Å². The molecule has 6 rings (SSSR count). The van der Waals surface area contributed by atoms with Gasteiger partial charge >= 0.3 is 17.9 Å². The molecule has 1 saturated heterocycles. The van der Waals surface area contributed by atoms with E-state index in [9.17, 15) is 24.0 Å². The number of carbonyl (C=O) groups is 5. The number of esters is 3. The SMILES string of the molecule is O=C(OC[C@@H]1O[C@@H](Cl)[C@H](N2C(=O)c3ccccc3C2=O)[C@@H](OC(=O)c2ccccc2)[C@@H]1OC(=O)c1ccccc1)c1ccccc1. The molecule has 0 saturated carbocycles. The molecule has 0 unspecified atom stereocenters. The number of fused-ring (bicyclic) bond motifs is 1. The van der Waals surface area contributed by atoms with Gasteiger partial charge in [-0.2, -0.15) is 0 Å². The van der Waals surface area contributed by atoms with Crippen LogP contribution in [0.25, 0.3) is 0 Å². The lowest BCUT2D eigenvalue weighted by molar-refractivity contribution is -0.186. The van der Waals surface area contributed by atoms with Crippen LogP contribution in [0, 0.1) is 0 Å². The zero-order chi connectivity index (χ0) is 32.2. The number of imide groups is 1. The Morgan fingerprint density at radius 3 is 1.50 bits per heavy atom. The van der Waals surface area contributed by atoms with Gasteiger partial charge in [0.25, 0.3) is 11.8 Å². The van der Waals surface area contributed by atoms with E-state index < -0.39 is 66.2 Å². The average Bonchev–Trinajstić information content (AvgIpc) is 3.34. The monoisotopic (exact) mass is 639 g/mol. The van der Waals surface area contributed by atoms with Gasteiger partial charge in [-0.1, -0.05) is 78.3 Å². The molecule has 2 amide bonds. The molecule has 0 aliphatic carbocycles. The second-order valence-electron chi connectivity index (χ2n) is 10.5. The van der Waals surface area contributed by atoms with Gasteiger partial charge in [0, 0.05) is 0 Å². The highest BCUT2D eigenvalue weighted by Crippen LogP contribution is 2.37. The number of rotatable bonds is 8. The number of carbonyl (C=O) groups excluding carboxylic acids is 5. The zero-order valence-corrected chi connectivity index (χ0v) is 24.8. The number of halogens is 1. The van der Waals surface area contributed by atoms with Crippen LogP contribution in [0.4, 0.5) is 0 Å². The first-order valence-corrected chi connectivity index (χ1v) is 14.8. The van der Waals surface area contributed by atoms with Crippen LogP contribution in [0.1, 0.15) is 51.8 Å². The lowest BCUT2D eigenvalue weighted by Crippen LogP contribution is -2.66. The molecule has 4 aromatic rings. The van der Waals surface area contributed by atoms with Crippen molar-refractivity contribution in [1.29, 1.82) is 0 Å². The van der Waals surface area contributed by atoms with E-state index >= 15 is 0 Å². The Labute approximate surface area is 268 Å². The smallest absolute Gasteiger partial charge is 0.338 e. The zero-order valence-electron chi connectivity index (χ0n) is 24.1. The molecule has 0 aromatic heterocycles. The van der Waals surface area contributed by atoms with E-state index in [1.54, 1.807) is 78.9 Å². The van der Waals surface area contributed by atoms with E-state index in [-0.39, 0.29) is 27.8 Å². The Hall–Kier alpha value is -5.32. The topological polar surface area (TPSA) is 126 Å². The molecule has 2 aliphatic rings. The van der Waals surface area contributed by atoms with E-state index in [0.717, 1.165) is 4.90 Å². The van der Waals surface area contributed by atoms with Crippen molar-refractivity contribution in [1.82, 2.24) is 4.90 Å². The largest absolute Gasteiger partial charge is 0.459 e. The number of amides is 2. The first-order valence-electron chi connectivity index (χ1n) is 14.3. The summed E-state index contributed by atoms with van der Waals surface area (Å²) in [5, 5.41) is 0. The van der Waals surface area contributed by atoms with Crippen LogP contribution < -0.4 is 0 Å². The van der Waals surface area contributed by atoms with Gasteiger partial charge in [0.15, 0.2) is 17.8 Å². The number of nitrogens with zero attached hydrogens (tertiary/aromatic N) is 1. The molecule has 0 N–H and O–H groups in total. The Bertz CT molecular complexity index is 1730. The average molecular weight is 640 g/mol. The predicted molar refractivity (Wildman–Crippen MR) is 163 cm³/mol. The van der Waals surface area contributed by atoms with Gasteiger partial charge < -0.3 is 18.9 Å². The van der Waals surface area contributed by atoms with Gasteiger partial charge in [-0.3, -0.25) is 14.5 Å². The third-order valence-electron chi connectivity index (χ3n) is 7.62. The van der Waals surface area contributed by atoms with Crippen molar-refractivity contribution in [2.75, 3.05) is 6.61 Å². The van der Waals surface area contributed by atoms with Crippen molar-refractivity contribution < 1.29 is 42.9 Å². The predicted octanol–water partition coefficient (Wildman–Crippen LogP) is 4.92. The van der Waals surface area contributed by atoms with Crippen molar-refractivity contribution in [2.24, 2.45) is 0 Å². The van der Waals surface area contributed by atoms with Gasteiger partial charge in [-0.05, 0) is 48.5 Å². The van der Waals surface area contributed by atoms with Gasteiger partial charge in [0.2, 0.25) is 0 Å². The number of hydrogen-bond acceptors (Lipinski definition) is 9. The van der Waals surface area contributed by atoms with Crippen molar-refractivity contribution >= 4 is 41.3 Å². The molecular weight excluding hydrogens is 614 g/mol. The minimum atomic E-state index is -1.54. The Balaban J connectivity index is 1.39. The molecule has 1 fully saturated rings. The maximum atomic E-state index is 13.6. The molecule has 4 aromatic carbocycles. The number of hydrogen-bond donors (Lipinski definition) is 0. The van der Waals surface area contributed by atoms with Crippen molar-refractivity contribution in [3.05, 3.63) is 143 Å². The minimum absolute atomic E-state index is 0.126. The van der Waals surface area contributed by atoms with Crippen molar-refractivity contribution in [3.8, 4) is 0 Å². The highest BCUT2D eigenvalue weighted by atomic mass is 35.5. The van der Waals surface area contributed by atoms with Gasteiger partial charge in [0.1, 0.15) is 18.8 Å². The molecule has 10 nitrogen and oxygen atoms in total. The summed E-state index contributed by atoms with van der Waals surface area (Å²) in [6.45, 7) is -0.474. The third kappa shape index (κ3) is 6.13. The summed E-state index contributed by atoms with van der Waals surface area (Å²) >= 11 is 6.77. The van der Waals surface area contributed by atoms with Crippen LogP contribution in [0.2, 0.25) is 0 Å². The minimum Gasteiger partial charge on any atom is -0.459 e. The maximum absolute atomic E-state index is 13.6. The van der Waals surface area contributed by atoms with E-state index in [2.05, 4.69) is 0 Å². The molecule has 2 heterocycles. The molecular formula is C35H26ClNO9. The first kappa shape index (κ1) is 30.7. The number of benzene rings is 4. The van der Waals surface area contributed by atoms with Crippen molar-refractivity contribution in [3.63, 3.8) is 0 Å². The van der Waals surface area contributed by atoms with E-state index in [0.29, 0.717) is 0 Å². The van der Waals surface area contributed by atoms with E-state index in [1.165, 1.54) is 36.4 Å². The van der Waals surface area contributed by atoms with Gasteiger partial charge in [-0.15, -0.1) is 0 Å². The molecule has 0 bridgehead atoms. The fourth-order valence-electron chi connectivity index (χ4n) is 5.38.